The van der Waals surface area contributed by atoms with Crippen molar-refractivity contribution in [2.24, 2.45) is 0 Å². The van der Waals surface area contributed by atoms with Crippen LogP contribution in [0, 0.1) is 0 Å². The topological polar surface area (TPSA) is 98.0 Å². The van der Waals surface area contributed by atoms with E-state index in [0.717, 1.165) is 16.6 Å². The molecule has 0 saturated heterocycles. The number of fused-ring (bicyclic) bond motifs is 1. The van der Waals surface area contributed by atoms with Crippen molar-refractivity contribution in [3.63, 3.8) is 0 Å². The molecule has 0 unspecified atom stereocenters. The Morgan fingerprint density at radius 2 is 1.91 bits per heavy atom. The van der Waals surface area contributed by atoms with Crippen molar-refractivity contribution < 1.29 is 4.74 Å². The van der Waals surface area contributed by atoms with Crippen LogP contribution >= 0.6 is 0 Å². The van der Waals surface area contributed by atoms with Crippen LogP contribution in [0.4, 0.5) is 23.0 Å². The number of methoxy groups -OCH3 is 1. The molecule has 2 aromatic heterocycles. The first-order valence-electron chi connectivity index (χ1n) is 7.23. The van der Waals surface area contributed by atoms with Crippen molar-refractivity contribution in [1.29, 1.82) is 0 Å². The number of ether oxygens (including phenoxy) is 1. The van der Waals surface area contributed by atoms with Gasteiger partial charge in [-0.1, -0.05) is 18.2 Å². The summed E-state index contributed by atoms with van der Waals surface area (Å²) in [5.74, 6) is 1.12. The number of pyridine rings is 1. The minimum absolute atomic E-state index is 0.455. The Balaban J connectivity index is 1.89. The highest BCUT2D eigenvalue weighted by Gasteiger charge is 2.10. The molecule has 0 saturated carbocycles. The van der Waals surface area contributed by atoms with E-state index in [2.05, 4.69) is 25.6 Å². The second kappa shape index (κ2) is 6.89. The van der Waals surface area contributed by atoms with Crippen molar-refractivity contribution in [3.05, 3.63) is 42.9 Å². The largest absolute Gasteiger partial charge is 0.393 e. The zero-order valence-corrected chi connectivity index (χ0v) is 12.8. The summed E-state index contributed by atoms with van der Waals surface area (Å²) in [7, 11) is 1.64. The number of rotatable bonds is 6. The SMILES string of the molecule is COCCNc1ncnc(Nc2cccc3cccnc23)c1N. The number of hydrogen-bond acceptors (Lipinski definition) is 7. The number of nitrogens with zero attached hydrogens (tertiary/aromatic N) is 3. The lowest BCUT2D eigenvalue weighted by atomic mass is 10.2. The third-order valence-corrected chi connectivity index (χ3v) is 3.37. The van der Waals surface area contributed by atoms with Crippen molar-refractivity contribution >= 4 is 33.9 Å². The van der Waals surface area contributed by atoms with E-state index in [4.69, 9.17) is 10.5 Å². The van der Waals surface area contributed by atoms with Gasteiger partial charge in [-0.25, -0.2) is 9.97 Å². The van der Waals surface area contributed by atoms with Crippen molar-refractivity contribution in [3.8, 4) is 0 Å². The molecule has 0 amide bonds. The Morgan fingerprint density at radius 3 is 2.78 bits per heavy atom. The molecule has 118 valence electrons. The van der Waals surface area contributed by atoms with Crippen molar-refractivity contribution in [1.82, 2.24) is 15.0 Å². The Labute approximate surface area is 133 Å². The third-order valence-electron chi connectivity index (χ3n) is 3.37. The second-order valence-electron chi connectivity index (χ2n) is 4.91. The summed E-state index contributed by atoms with van der Waals surface area (Å²) in [6.07, 6.45) is 3.22. The maximum atomic E-state index is 6.15. The number of anilines is 4. The summed E-state index contributed by atoms with van der Waals surface area (Å²) in [5.41, 5.74) is 8.31. The molecule has 3 rings (SSSR count). The quantitative estimate of drug-likeness (QED) is 0.601. The fourth-order valence-corrected chi connectivity index (χ4v) is 2.24. The maximum absolute atomic E-state index is 6.15. The van der Waals surface area contributed by atoms with E-state index in [1.807, 2.05) is 30.3 Å². The van der Waals surface area contributed by atoms with E-state index in [1.54, 1.807) is 13.3 Å². The van der Waals surface area contributed by atoms with Crippen LogP contribution in [-0.2, 0) is 4.74 Å². The van der Waals surface area contributed by atoms with Gasteiger partial charge in [0.05, 0.1) is 17.8 Å². The summed E-state index contributed by atoms with van der Waals surface area (Å²) < 4.78 is 5.01. The molecule has 2 heterocycles. The van der Waals surface area contributed by atoms with Gasteiger partial charge in [0.25, 0.3) is 0 Å². The molecule has 1 aromatic carbocycles. The van der Waals surface area contributed by atoms with Gasteiger partial charge in [-0.3, -0.25) is 4.98 Å². The summed E-state index contributed by atoms with van der Waals surface area (Å²) in [6, 6.07) is 9.82. The van der Waals surface area contributed by atoms with Gasteiger partial charge in [0, 0.05) is 25.2 Å². The van der Waals surface area contributed by atoms with Crippen LogP contribution in [-0.4, -0.2) is 35.2 Å². The van der Waals surface area contributed by atoms with Gasteiger partial charge in [0.15, 0.2) is 11.6 Å². The number of para-hydroxylation sites is 1. The molecule has 0 fully saturated rings. The fourth-order valence-electron chi connectivity index (χ4n) is 2.24. The number of nitrogens with two attached hydrogens (primary N) is 1. The molecular formula is C16H18N6O. The van der Waals surface area contributed by atoms with Gasteiger partial charge in [-0.15, -0.1) is 0 Å². The lowest BCUT2D eigenvalue weighted by Crippen LogP contribution is -2.12. The normalized spacial score (nSPS) is 10.7. The maximum Gasteiger partial charge on any atom is 0.159 e. The molecular weight excluding hydrogens is 292 g/mol. The van der Waals surface area contributed by atoms with Crippen LogP contribution in [0.2, 0.25) is 0 Å². The number of aromatic nitrogens is 3. The van der Waals surface area contributed by atoms with Crippen molar-refractivity contribution in [2.75, 3.05) is 36.6 Å². The van der Waals surface area contributed by atoms with Crippen LogP contribution < -0.4 is 16.4 Å². The van der Waals surface area contributed by atoms with Crippen LogP contribution in [0.25, 0.3) is 10.9 Å². The van der Waals surface area contributed by atoms with E-state index in [0.29, 0.717) is 30.5 Å². The molecule has 7 heteroatoms. The van der Waals surface area contributed by atoms with Crippen molar-refractivity contribution in [2.45, 2.75) is 0 Å². The van der Waals surface area contributed by atoms with E-state index >= 15 is 0 Å². The predicted octanol–water partition coefficient (Wildman–Crippen LogP) is 2.41. The first-order valence-corrected chi connectivity index (χ1v) is 7.23. The third kappa shape index (κ3) is 3.29. The monoisotopic (exact) mass is 310 g/mol. The first kappa shape index (κ1) is 15.0. The Morgan fingerprint density at radius 1 is 1.09 bits per heavy atom. The molecule has 0 bridgehead atoms. The summed E-state index contributed by atoms with van der Waals surface area (Å²) >= 11 is 0. The molecule has 0 aliphatic heterocycles. The van der Waals surface area contributed by atoms with Crippen LogP contribution in [0.1, 0.15) is 0 Å². The van der Waals surface area contributed by atoms with Crippen LogP contribution in [0.15, 0.2) is 42.9 Å². The molecule has 0 atom stereocenters. The second-order valence-corrected chi connectivity index (χ2v) is 4.91. The molecule has 7 nitrogen and oxygen atoms in total. The Bertz CT molecular complexity index is 802. The molecule has 4 N–H and O–H groups in total. The number of nitrogen functional groups attached to an aromatic ring is 1. The lowest BCUT2D eigenvalue weighted by molar-refractivity contribution is 0.210. The van der Waals surface area contributed by atoms with E-state index < -0.39 is 0 Å². The zero-order chi connectivity index (χ0) is 16.1. The predicted molar refractivity (Wildman–Crippen MR) is 91.8 cm³/mol. The highest BCUT2D eigenvalue weighted by molar-refractivity contribution is 5.93. The van der Waals surface area contributed by atoms with E-state index in [9.17, 15) is 0 Å². The first-order chi connectivity index (χ1) is 11.3. The molecule has 3 aromatic rings. The molecule has 0 aliphatic rings. The minimum atomic E-state index is 0.455. The number of hydrogen-bond donors (Lipinski definition) is 3. The van der Waals surface area contributed by atoms with Gasteiger partial charge in [-0.2, -0.15) is 0 Å². The molecule has 0 spiro atoms. The number of benzene rings is 1. The fraction of sp³-hybridized carbons (Fsp3) is 0.188. The molecule has 0 aliphatic carbocycles. The van der Waals surface area contributed by atoms with Gasteiger partial charge in [0.2, 0.25) is 0 Å². The van der Waals surface area contributed by atoms with E-state index in [1.165, 1.54) is 6.33 Å². The zero-order valence-electron chi connectivity index (χ0n) is 12.8. The lowest BCUT2D eigenvalue weighted by Gasteiger charge is -2.13. The van der Waals surface area contributed by atoms with E-state index in [-0.39, 0.29) is 0 Å². The summed E-state index contributed by atoms with van der Waals surface area (Å²) in [5, 5.41) is 7.40. The average molecular weight is 310 g/mol. The highest BCUT2D eigenvalue weighted by Crippen LogP contribution is 2.28. The minimum Gasteiger partial charge on any atom is -0.393 e. The summed E-state index contributed by atoms with van der Waals surface area (Å²) in [6.45, 7) is 1.19. The number of nitrogens with one attached hydrogen (secondary N) is 2. The van der Waals surface area contributed by atoms with Crippen LogP contribution in [0.3, 0.4) is 0 Å². The van der Waals surface area contributed by atoms with Gasteiger partial charge >= 0.3 is 0 Å². The Hall–Kier alpha value is -2.93. The van der Waals surface area contributed by atoms with Gasteiger partial charge in [-0.05, 0) is 12.1 Å². The van der Waals surface area contributed by atoms with Crippen LogP contribution in [0.5, 0.6) is 0 Å². The average Bonchev–Trinajstić information content (AvgIpc) is 2.58. The Kier molecular flexibility index (Phi) is 4.49. The molecule has 23 heavy (non-hydrogen) atoms. The molecule has 0 radical (unpaired) electrons. The van der Waals surface area contributed by atoms with Gasteiger partial charge < -0.3 is 21.1 Å². The standard InChI is InChI=1S/C16H18N6O/c1-23-9-8-19-15-13(17)16(21-10-20-15)22-12-6-2-4-11-5-3-7-18-14(11)12/h2-7,10H,8-9,17H2,1H3,(H2,19,20,21,22). The highest BCUT2D eigenvalue weighted by atomic mass is 16.5. The smallest absolute Gasteiger partial charge is 0.159 e. The van der Waals surface area contributed by atoms with Gasteiger partial charge in [0.1, 0.15) is 12.0 Å². The summed E-state index contributed by atoms with van der Waals surface area (Å²) in [4.78, 5) is 12.8.